The van der Waals surface area contributed by atoms with Crippen molar-refractivity contribution in [3.05, 3.63) is 61.6 Å². The van der Waals surface area contributed by atoms with E-state index in [1.807, 2.05) is 0 Å². The van der Waals surface area contributed by atoms with Gasteiger partial charge in [-0.3, -0.25) is 20.2 Å². The lowest BCUT2D eigenvalue weighted by molar-refractivity contribution is -0.384. The van der Waals surface area contributed by atoms with Crippen LogP contribution >= 0.6 is 39.7 Å². The molecule has 28 heavy (non-hydrogen) atoms. The Morgan fingerprint density at radius 2 is 2.04 bits per heavy atom. The van der Waals surface area contributed by atoms with Gasteiger partial charge in [0.1, 0.15) is 12.4 Å². The highest BCUT2D eigenvalue weighted by Gasteiger charge is 2.13. The molecule has 2 rings (SSSR count). The molecule has 0 unspecified atom stereocenters. The Bertz CT molecular complexity index is 912. The molecule has 148 valence electrons. The number of hydrogen-bond acceptors (Lipinski definition) is 6. The molecule has 1 amide bonds. The summed E-state index contributed by atoms with van der Waals surface area (Å²) in [6.07, 6.45) is 0. The van der Waals surface area contributed by atoms with Gasteiger partial charge in [0.25, 0.3) is 11.6 Å². The van der Waals surface area contributed by atoms with Crippen LogP contribution in [-0.4, -0.2) is 36.3 Å². The van der Waals surface area contributed by atoms with E-state index in [2.05, 4.69) is 26.6 Å². The van der Waals surface area contributed by atoms with Crippen molar-refractivity contribution in [2.24, 2.45) is 0 Å². The lowest BCUT2D eigenvalue weighted by atomic mass is 10.2. The van der Waals surface area contributed by atoms with Crippen LogP contribution in [0.25, 0.3) is 0 Å². The third kappa shape index (κ3) is 6.13. The number of carbonyl (C=O) groups is 1. The topological polar surface area (TPSA) is 103 Å². The van der Waals surface area contributed by atoms with Gasteiger partial charge in [0.05, 0.1) is 26.7 Å². The maximum Gasteiger partial charge on any atom is 0.271 e. The molecule has 0 aliphatic rings. The zero-order valence-corrected chi connectivity index (χ0v) is 17.7. The minimum absolute atomic E-state index is 0.00250. The smallest absolute Gasteiger partial charge is 0.271 e. The van der Waals surface area contributed by atoms with Gasteiger partial charge in [-0.2, -0.15) is 0 Å². The molecule has 0 saturated heterocycles. The van der Waals surface area contributed by atoms with Crippen LogP contribution in [0.1, 0.15) is 10.4 Å². The number of benzene rings is 2. The standard InChI is InChI=1S/C17H15BrClN3O5S/c1-26-6-7-27-15-5-2-10(8-12(15)18)16(23)21-17(28)20-14-4-3-11(22(24)25)9-13(14)19/h2-5,8-9H,6-7H2,1H3,(H2,20,21,23,28). The number of nitrogens with zero attached hydrogens (tertiary/aromatic N) is 1. The number of anilines is 1. The summed E-state index contributed by atoms with van der Waals surface area (Å²) in [7, 11) is 1.58. The van der Waals surface area contributed by atoms with E-state index in [1.165, 1.54) is 18.2 Å². The summed E-state index contributed by atoms with van der Waals surface area (Å²) in [6.45, 7) is 0.824. The lowest BCUT2D eigenvalue weighted by Gasteiger charge is -2.12. The normalized spacial score (nSPS) is 10.2. The number of nitrogens with one attached hydrogen (secondary N) is 2. The summed E-state index contributed by atoms with van der Waals surface area (Å²) >= 11 is 14.4. The number of methoxy groups -OCH3 is 1. The highest BCUT2D eigenvalue weighted by Crippen LogP contribution is 2.27. The maximum absolute atomic E-state index is 12.4. The van der Waals surface area contributed by atoms with Crippen molar-refractivity contribution in [1.29, 1.82) is 0 Å². The quantitative estimate of drug-likeness (QED) is 0.261. The highest BCUT2D eigenvalue weighted by molar-refractivity contribution is 9.10. The molecule has 0 saturated carbocycles. The van der Waals surface area contributed by atoms with Gasteiger partial charge in [-0.15, -0.1) is 0 Å². The molecule has 0 heterocycles. The Labute approximate surface area is 179 Å². The van der Waals surface area contributed by atoms with Crippen molar-refractivity contribution >= 4 is 62.1 Å². The van der Waals surface area contributed by atoms with E-state index in [0.717, 1.165) is 0 Å². The number of ether oxygens (including phenoxy) is 2. The molecule has 0 bridgehead atoms. The summed E-state index contributed by atoms with van der Waals surface area (Å²) in [6, 6.07) is 8.70. The minimum atomic E-state index is -0.559. The highest BCUT2D eigenvalue weighted by atomic mass is 79.9. The minimum Gasteiger partial charge on any atom is -0.490 e. The van der Waals surface area contributed by atoms with Crippen molar-refractivity contribution in [2.75, 3.05) is 25.6 Å². The van der Waals surface area contributed by atoms with E-state index in [0.29, 0.717) is 34.7 Å². The number of hydrogen-bond donors (Lipinski definition) is 2. The molecular weight excluding hydrogens is 474 g/mol. The largest absolute Gasteiger partial charge is 0.490 e. The molecule has 0 aromatic heterocycles. The Balaban J connectivity index is 1.99. The second-order valence-electron chi connectivity index (χ2n) is 5.32. The van der Waals surface area contributed by atoms with Crippen molar-refractivity contribution in [3.63, 3.8) is 0 Å². The van der Waals surface area contributed by atoms with Gasteiger partial charge in [-0.25, -0.2) is 0 Å². The number of halogens is 2. The van der Waals surface area contributed by atoms with Crippen molar-refractivity contribution in [3.8, 4) is 5.75 Å². The fraction of sp³-hybridized carbons (Fsp3) is 0.176. The summed E-state index contributed by atoms with van der Waals surface area (Å²) in [5.74, 6) is 0.131. The number of carbonyl (C=O) groups excluding carboxylic acids is 1. The maximum atomic E-state index is 12.4. The molecule has 0 atom stereocenters. The number of nitro groups is 1. The molecule has 0 radical (unpaired) electrons. The number of rotatable bonds is 7. The first-order chi connectivity index (χ1) is 13.3. The van der Waals surface area contributed by atoms with E-state index in [1.54, 1.807) is 25.3 Å². The first-order valence-electron chi connectivity index (χ1n) is 7.79. The van der Waals surface area contributed by atoms with E-state index < -0.39 is 10.8 Å². The number of non-ortho nitro benzene ring substituents is 1. The van der Waals surface area contributed by atoms with E-state index in [-0.39, 0.29) is 15.8 Å². The number of nitro benzene ring substituents is 1. The van der Waals surface area contributed by atoms with Crippen LogP contribution < -0.4 is 15.4 Å². The van der Waals surface area contributed by atoms with Gasteiger partial charge in [-0.1, -0.05) is 11.6 Å². The van der Waals surface area contributed by atoms with E-state index in [9.17, 15) is 14.9 Å². The SMILES string of the molecule is COCCOc1ccc(C(=O)NC(=S)Nc2ccc([N+](=O)[O-])cc2Cl)cc1Br. The van der Waals surface area contributed by atoms with Crippen molar-refractivity contribution < 1.29 is 19.2 Å². The molecule has 0 aliphatic carbocycles. The predicted molar refractivity (Wildman–Crippen MR) is 113 cm³/mol. The van der Waals surface area contributed by atoms with E-state index in [4.69, 9.17) is 33.3 Å². The van der Waals surface area contributed by atoms with Crippen LogP contribution in [-0.2, 0) is 4.74 Å². The van der Waals surface area contributed by atoms with Crippen molar-refractivity contribution in [2.45, 2.75) is 0 Å². The Kier molecular flexibility index (Phi) is 8.12. The molecular formula is C17H15BrClN3O5S. The van der Waals surface area contributed by atoms with Crippen LogP contribution in [0.2, 0.25) is 5.02 Å². The molecule has 2 N–H and O–H groups in total. The van der Waals surface area contributed by atoms with E-state index >= 15 is 0 Å². The van der Waals surface area contributed by atoms with Crippen LogP contribution in [0, 0.1) is 10.1 Å². The first-order valence-corrected chi connectivity index (χ1v) is 9.37. The average molecular weight is 489 g/mol. The third-order valence-corrected chi connectivity index (χ3v) is 4.51. The van der Waals surface area contributed by atoms with Crippen LogP contribution in [0.4, 0.5) is 11.4 Å². The molecule has 0 spiro atoms. The molecule has 0 fully saturated rings. The Hall–Kier alpha value is -2.27. The number of amides is 1. The molecule has 11 heteroatoms. The second-order valence-corrected chi connectivity index (χ2v) is 6.99. The fourth-order valence-electron chi connectivity index (χ4n) is 2.04. The van der Waals surface area contributed by atoms with Crippen LogP contribution in [0.5, 0.6) is 5.75 Å². The zero-order chi connectivity index (χ0) is 20.7. The van der Waals surface area contributed by atoms with Gasteiger partial charge in [0, 0.05) is 24.8 Å². The first kappa shape index (κ1) is 22.0. The lowest BCUT2D eigenvalue weighted by Crippen LogP contribution is -2.34. The zero-order valence-electron chi connectivity index (χ0n) is 14.5. The molecule has 0 aliphatic heterocycles. The fourth-order valence-corrected chi connectivity index (χ4v) is 2.96. The Morgan fingerprint density at radius 3 is 2.64 bits per heavy atom. The summed E-state index contributed by atoms with van der Waals surface area (Å²) in [4.78, 5) is 22.5. The molecule has 8 nitrogen and oxygen atoms in total. The van der Waals surface area contributed by atoms with Gasteiger partial charge in [0.15, 0.2) is 5.11 Å². The molecule has 2 aromatic carbocycles. The van der Waals surface area contributed by atoms with Crippen LogP contribution in [0.15, 0.2) is 40.9 Å². The summed E-state index contributed by atoms with van der Waals surface area (Å²) in [5, 5.41) is 16.1. The predicted octanol–water partition coefficient (Wildman–Crippen LogP) is 4.16. The molecule has 2 aromatic rings. The second kappa shape index (κ2) is 10.3. The van der Waals surface area contributed by atoms with Gasteiger partial charge >= 0.3 is 0 Å². The average Bonchev–Trinajstić information content (AvgIpc) is 2.64. The van der Waals surface area contributed by atoms with Gasteiger partial charge in [-0.05, 0) is 52.4 Å². The summed E-state index contributed by atoms with van der Waals surface area (Å²) in [5.41, 5.74) is 0.536. The number of thiocarbonyl (C=S) groups is 1. The van der Waals surface area contributed by atoms with Gasteiger partial charge in [0.2, 0.25) is 0 Å². The summed E-state index contributed by atoms with van der Waals surface area (Å²) < 4.78 is 11.0. The third-order valence-electron chi connectivity index (χ3n) is 3.38. The Morgan fingerprint density at radius 1 is 1.29 bits per heavy atom. The van der Waals surface area contributed by atoms with Crippen LogP contribution in [0.3, 0.4) is 0 Å². The monoisotopic (exact) mass is 487 g/mol. The van der Waals surface area contributed by atoms with Gasteiger partial charge < -0.3 is 14.8 Å². The van der Waals surface area contributed by atoms with Crippen molar-refractivity contribution in [1.82, 2.24) is 5.32 Å².